The zero-order chi connectivity index (χ0) is 16.1. The number of piperidine rings is 1. The van der Waals surface area contributed by atoms with E-state index in [-0.39, 0.29) is 17.4 Å². The van der Waals surface area contributed by atoms with Gasteiger partial charge in [0.2, 0.25) is 0 Å². The predicted octanol–water partition coefficient (Wildman–Crippen LogP) is 2.32. The average Bonchev–Trinajstić information content (AvgIpc) is 2.86. The summed E-state index contributed by atoms with van der Waals surface area (Å²) in [5.74, 6) is 2.08. The van der Waals surface area contributed by atoms with Crippen LogP contribution in [0.3, 0.4) is 0 Å². The van der Waals surface area contributed by atoms with Gasteiger partial charge >= 0.3 is 0 Å². The maximum Gasteiger partial charge on any atom is 0.257 e. The molecule has 0 saturated carbocycles. The highest BCUT2D eigenvalue weighted by atomic mass is 16.3. The number of fused-ring (bicyclic) bond motifs is 4. The summed E-state index contributed by atoms with van der Waals surface area (Å²) in [4.78, 5) is 26.8. The number of hydrogen-bond donors (Lipinski definition) is 0. The third-order valence-electron chi connectivity index (χ3n) is 5.04. The third kappa shape index (κ3) is 2.31. The first kappa shape index (κ1) is 14.3. The fraction of sp³-hybridized carbons (Fsp3) is 0.444. The molecule has 0 N–H and O–H groups in total. The van der Waals surface area contributed by atoms with Crippen LogP contribution in [0.5, 0.6) is 0 Å². The SMILES string of the molecule is Cc1cc(C(=O)N2C[C@@H]3C[C@@H](C2)c2cccc(=O)n2C3)c(C)o1. The van der Waals surface area contributed by atoms with Gasteiger partial charge in [-0.1, -0.05) is 6.07 Å². The highest BCUT2D eigenvalue weighted by molar-refractivity contribution is 5.95. The zero-order valence-corrected chi connectivity index (χ0v) is 13.4. The number of nitrogens with zero attached hydrogens (tertiary/aromatic N) is 2. The maximum atomic E-state index is 12.8. The molecule has 2 atom stereocenters. The smallest absolute Gasteiger partial charge is 0.257 e. The number of aryl methyl sites for hydroxylation is 2. The topological polar surface area (TPSA) is 55.5 Å². The van der Waals surface area contributed by atoms with Gasteiger partial charge in [-0.25, -0.2) is 0 Å². The van der Waals surface area contributed by atoms with Gasteiger partial charge in [-0.2, -0.15) is 0 Å². The Balaban J connectivity index is 1.65. The van der Waals surface area contributed by atoms with E-state index in [1.165, 1.54) is 0 Å². The van der Waals surface area contributed by atoms with Crippen molar-refractivity contribution in [2.24, 2.45) is 5.92 Å². The van der Waals surface area contributed by atoms with Gasteiger partial charge in [0.25, 0.3) is 11.5 Å². The van der Waals surface area contributed by atoms with Gasteiger partial charge in [-0.3, -0.25) is 9.59 Å². The standard InChI is InChI=1S/C18H20N2O3/c1-11-6-15(12(2)23-11)18(22)19-8-13-7-14(10-19)16-4-3-5-17(21)20(16)9-13/h3-6,13-14H,7-10H2,1-2H3/t13-,14-/m0/s1. The van der Waals surface area contributed by atoms with Gasteiger partial charge in [0.05, 0.1) is 5.56 Å². The molecule has 1 amide bonds. The van der Waals surface area contributed by atoms with Crippen LogP contribution in [0, 0.1) is 19.8 Å². The molecule has 0 unspecified atom stereocenters. The lowest BCUT2D eigenvalue weighted by Crippen LogP contribution is -2.49. The molecule has 2 bridgehead atoms. The van der Waals surface area contributed by atoms with E-state index in [0.29, 0.717) is 36.9 Å². The second kappa shape index (κ2) is 5.11. The fourth-order valence-corrected chi connectivity index (χ4v) is 4.08. The molecular weight excluding hydrogens is 292 g/mol. The summed E-state index contributed by atoms with van der Waals surface area (Å²) in [6.45, 7) is 5.78. The second-order valence-electron chi connectivity index (χ2n) is 6.74. The molecule has 0 aromatic carbocycles. The molecule has 5 nitrogen and oxygen atoms in total. The van der Waals surface area contributed by atoms with Crippen molar-refractivity contribution in [2.45, 2.75) is 32.7 Å². The number of amides is 1. The number of furan rings is 1. The first-order valence-corrected chi connectivity index (χ1v) is 8.09. The molecule has 23 heavy (non-hydrogen) atoms. The van der Waals surface area contributed by atoms with Gasteiger partial charge in [0.1, 0.15) is 11.5 Å². The minimum atomic E-state index is 0.0424. The third-order valence-corrected chi connectivity index (χ3v) is 5.04. The van der Waals surface area contributed by atoms with Crippen LogP contribution in [-0.2, 0) is 6.54 Å². The molecule has 4 heterocycles. The van der Waals surface area contributed by atoms with Crippen molar-refractivity contribution >= 4 is 5.91 Å². The Morgan fingerprint density at radius 2 is 2.04 bits per heavy atom. The van der Waals surface area contributed by atoms with Crippen LogP contribution in [0.15, 0.2) is 33.5 Å². The van der Waals surface area contributed by atoms with Crippen molar-refractivity contribution in [2.75, 3.05) is 13.1 Å². The van der Waals surface area contributed by atoms with E-state index in [1.54, 1.807) is 6.07 Å². The number of pyridine rings is 1. The molecule has 0 radical (unpaired) electrons. The molecule has 2 aliphatic rings. The first-order valence-electron chi connectivity index (χ1n) is 8.09. The quantitative estimate of drug-likeness (QED) is 0.812. The average molecular weight is 312 g/mol. The summed E-state index contributed by atoms with van der Waals surface area (Å²) < 4.78 is 7.38. The molecule has 0 spiro atoms. The maximum absolute atomic E-state index is 12.8. The van der Waals surface area contributed by atoms with Crippen molar-refractivity contribution in [1.29, 1.82) is 0 Å². The van der Waals surface area contributed by atoms with Gasteiger partial charge in [0, 0.05) is 37.3 Å². The number of aromatic nitrogens is 1. The monoisotopic (exact) mass is 312 g/mol. The van der Waals surface area contributed by atoms with Crippen molar-refractivity contribution in [3.05, 3.63) is 57.4 Å². The van der Waals surface area contributed by atoms with Gasteiger partial charge in [-0.05, 0) is 38.3 Å². The Kier molecular flexibility index (Phi) is 3.18. The van der Waals surface area contributed by atoms with Crippen LogP contribution in [0.25, 0.3) is 0 Å². The van der Waals surface area contributed by atoms with E-state index in [1.807, 2.05) is 41.5 Å². The molecule has 5 heteroatoms. The minimum Gasteiger partial charge on any atom is -0.466 e. The van der Waals surface area contributed by atoms with Crippen LogP contribution in [-0.4, -0.2) is 28.5 Å². The van der Waals surface area contributed by atoms with E-state index in [4.69, 9.17) is 4.42 Å². The number of carbonyl (C=O) groups is 1. The minimum absolute atomic E-state index is 0.0424. The molecule has 1 saturated heterocycles. The van der Waals surface area contributed by atoms with Crippen molar-refractivity contribution in [3.8, 4) is 0 Å². The molecule has 1 fully saturated rings. The lowest BCUT2D eigenvalue weighted by atomic mass is 9.83. The van der Waals surface area contributed by atoms with E-state index in [2.05, 4.69) is 0 Å². The number of hydrogen-bond acceptors (Lipinski definition) is 3. The van der Waals surface area contributed by atoms with Gasteiger partial charge in [0.15, 0.2) is 0 Å². The van der Waals surface area contributed by atoms with Crippen molar-refractivity contribution in [3.63, 3.8) is 0 Å². The number of rotatable bonds is 1. The summed E-state index contributed by atoms with van der Waals surface area (Å²) in [5.41, 5.74) is 1.79. The Bertz CT molecular complexity index is 833. The first-order chi connectivity index (χ1) is 11.0. The molecule has 0 aliphatic carbocycles. The predicted molar refractivity (Wildman–Crippen MR) is 85.6 cm³/mol. The Hall–Kier alpha value is -2.30. The molecule has 2 aromatic heterocycles. The normalized spacial score (nSPS) is 22.8. The lowest BCUT2D eigenvalue weighted by molar-refractivity contribution is 0.0593. The van der Waals surface area contributed by atoms with E-state index >= 15 is 0 Å². The van der Waals surface area contributed by atoms with E-state index in [9.17, 15) is 9.59 Å². The molecule has 4 rings (SSSR count). The van der Waals surface area contributed by atoms with Crippen LogP contribution in [0.1, 0.15) is 39.9 Å². The van der Waals surface area contributed by atoms with Gasteiger partial charge < -0.3 is 13.9 Å². The Morgan fingerprint density at radius 3 is 2.78 bits per heavy atom. The Morgan fingerprint density at radius 1 is 1.22 bits per heavy atom. The van der Waals surface area contributed by atoms with Crippen molar-refractivity contribution in [1.82, 2.24) is 9.47 Å². The second-order valence-corrected chi connectivity index (χ2v) is 6.74. The van der Waals surface area contributed by atoms with Crippen LogP contribution in [0.4, 0.5) is 0 Å². The highest BCUT2D eigenvalue weighted by Gasteiger charge is 2.37. The lowest BCUT2D eigenvalue weighted by Gasteiger charge is -2.42. The fourth-order valence-electron chi connectivity index (χ4n) is 4.08. The molecular formula is C18H20N2O3. The summed E-state index contributed by atoms with van der Waals surface area (Å²) in [6.07, 6.45) is 1.05. The molecule has 2 aromatic rings. The Labute approximate surface area is 134 Å². The van der Waals surface area contributed by atoms with Gasteiger partial charge in [-0.15, -0.1) is 0 Å². The number of carbonyl (C=O) groups excluding carboxylic acids is 1. The van der Waals surface area contributed by atoms with Crippen LogP contribution < -0.4 is 5.56 Å². The molecule has 2 aliphatic heterocycles. The number of likely N-dealkylation sites (tertiary alicyclic amines) is 1. The van der Waals surface area contributed by atoms with E-state index in [0.717, 1.165) is 17.9 Å². The van der Waals surface area contributed by atoms with Crippen molar-refractivity contribution < 1.29 is 9.21 Å². The largest absolute Gasteiger partial charge is 0.466 e. The van der Waals surface area contributed by atoms with Crippen LogP contribution in [0.2, 0.25) is 0 Å². The highest BCUT2D eigenvalue weighted by Crippen LogP contribution is 2.35. The summed E-state index contributed by atoms with van der Waals surface area (Å²) in [6, 6.07) is 7.27. The molecule has 120 valence electrons. The summed E-state index contributed by atoms with van der Waals surface area (Å²) in [5, 5.41) is 0. The van der Waals surface area contributed by atoms with Crippen LogP contribution >= 0.6 is 0 Å². The summed E-state index contributed by atoms with van der Waals surface area (Å²) in [7, 11) is 0. The summed E-state index contributed by atoms with van der Waals surface area (Å²) >= 11 is 0. The zero-order valence-electron chi connectivity index (χ0n) is 13.4. The van der Waals surface area contributed by atoms with E-state index < -0.39 is 0 Å².